The predicted octanol–water partition coefficient (Wildman–Crippen LogP) is 5.15. The van der Waals surface area contributed by atoms with Crippen molar-refractivity contribution in [2.45, 2.75) is 33.6 Å². The SMILES string of the molecule is C/C=C1/CN(/C(C)=C\CC)N=CN=C1Oc1ccc(NC(=O)NC(=O)Cc2ccc(F)cc2)cc1F. The fourth-order valence-corrected chi connectivity index (χ4v) is 3.30. The summed E-state index contributed by atoms with van der Waals surface area (Å²) < 4.78 is 33.4. The third-order valence-corrected chi connectivity index (χ3v) is 5.14. The number of urea groups is 1. The predicted molar refractivity (Wildman–Crippen MR) is 135 cm³/mol. The quantitative estimate of drug-likeness (QED) is 0.579. The molecule has 3 amide bonds. The Balaban J connectivity index is 1.60. The standard InChI is InChI=1S/C26H27F2N5O3/c1-4-6-17(3)33-15-19(5-2)25(29-16-30-33)36-23-12-11-21(14-22(23)28)31-26(35)32-24(34)13-18-7-9-20(27)10-8-18/h5-12,14,16H,4,13,15H2,1-3H3,(H2,31,32,34,35)/b17-6-,19-5-. The van der Waals surface area contributed by atoms with Crippen molar-refractivity contribution in [2.75, 3.05) is 11.9 Å². The van der Waals surface area contributed by atoms with Gasteiger partial charge in [0.1, 0.15) is 12.2 Å². The average Bonchev–Trinajstić information content (AvgIpc) is 3.04. The van der Waals surface area contributed by atoms with E-state index in [9.17, 15) is 18.4 Å². The number of imide groups is 1. The number of hydrazone groups is 1. The first kappa shape index (κ1) is 26.3. The fraction of sp³-hybridized carbons (Fsp3) is 0.231. The molecule has 1 aliphatic rings. The van der Waals surface area contributed by atoms with Crippen LogP contribution in [0.2, 0.25) is 0 Å². The first-order valence-electron chi connectivity index (χ1n) is 11.3. The molecule has 0 atom stereocenters. The highest BCUT2D eigenvalue weighted by atomic mass is 19.1. The number of hydrogen-bond acceptors (Lipinski definition) is 6. The van der Waals surface area contributed by atoms with Crippen LogP contribution in [0.5, 0.6) is 5.75 Å². The number of benzene rings is 2. The van der Waals surface area contributed by atoms with Crippen LogP contribution in [-0.2, 0) is 11.2 Å². The van der Waals surface area contributed by atoms with Crippen molar-refractivity contribution in [1.29, 1.82) is 0 Å². The van der Waals surface area contributed by atoms with E-state index < -0.39 is 23.6 Å². The summed E-state index contributed by atoms with van der Waals surface area (Å²) in [7, 11) is 0. The number of allylic oxidation sites excluding steroid dienone is 3. The van der Waals surface area contributed by atoms with E-state index in [4.69, 9.17) is 4.74 Å². The minimum absolute atomic E-state index is 0.0888. The number of nitrogens with zero attached hydrogens (tertiary/aromatic N) is 3. The number of ether oxygens (including phenoxy) is 1. The van der Waals surface area contributed by atoms with E-state index in [-0.39, 0.29) is 23.8 Å². The molecule has 0 aliphatic carbocycles. The number of anilines is 1. The van der Waals surface area contributed by atoms with E-state index in [0.717, 1.165) is 23.8 Å². The van der Waals surface area contributed by atoms with Gasteiger partial charge < -0.3 is 10.1 Å². The van der Waals surface area contributed by atoms with E-state index >= 15 is 0 Å². The van der Waals surface area contributed by atoms with Gasteiger partial charge in [-0.3, -0.25) is 15.1 Å². The summed E-state index contributed by atoms with van der Waals surface area (Å²) >= 11 is 0. The molecule has 0 bridgehead atoms. The Morgan fingerprint density at radius 3 is 2.58 bits per heavy atom. The van der Waals surface area contributed by atoms with Crippen LogP contribution < -0.4 is 15.4 Å². The lowest BCUT2D eigenvalue weighted by molar-refractivity contribution is -0.119. The second-order valence-electron chi connectivity index (χ2n) is 7.84. The third kappa shape index (κ3) is 7.33. The molecule has 36 heavy (non-hydrogen) atoms. The van der Waals surface area contributed by atoms with E-state index in [2.05, 4.69) is 20.7 Å². The summed E-state index contributed by atoms with van der Waals surface area (Å²) in [4.78, 5) is 28.4. The van der Waals surface area contributed by atoms with Crippen LogP contribution >= 0.6 is 0 Å². The number of halogens is 2. The molecule has 0 aromatic heterocycles. The van der Waals surface area contributed by atoms with Gasteiger partial charge in [-0.1, -0.05) is 31.2 Å². The Hall–Kier alpha value is -4.34. The van der Waals surface area contributed by atoms with Crippen molar-refractivity contribution >= 4 is 29.9 Å². The first-order chi connectivity index (χ1) is 17.3. The van der Waals surface area contributed by atoms with Crippen LogP contribution in [0, 0.1) is 11.6 Å². The Bertz CT molecular complexity index is 1240. The molecular formula is C26H27F2N5O3. The van der Waals surface area contributed by atoms with Crippen LogP contribution in [0.4, 0.5) is 19.3 Å². The van der Waals surface area contributed by atoms with Gasteiger partial charge in [-0.25, -0.2) is 13.6 Å². The minimum atomic E-state index is -0.827. The maximum atomic E-state index is 14.8. The highest BCUT2D eigenvalue weighted by Gasteiger charge is 2.18. The Morgan fingerprint density at radius 2 is 1.92 bits per heavy atom. The summed E-state index contributed by atoms with van der Waals surface area (Å²) in [5.41, 5.74) is 2.34. The van der Waals surface area contributed by atoms with E-state index in [1.165, 1.54) is 42.7 Å². The number of hydrogen-bond donors (Lipinski definition) is 2. The molecule has 3 rings (SSSR count). The van der Waals surface area contributed by atoms with Crippen LogP contribution in [0.15, 0.2) is 76.0 Å². The molecule has 0 spiro atoms. The highest BCUT2D eigenvalue weighted by molar-refractivity contribution is 6.02. The monoisotopic (exact) mass is 495 g/mol. The van der Waals surface area contributed by atoms with Gasteiger partial charge in [0.2, 0.25) is 11.8 Å². The molecule has 2 aromatic carbocycles. The summed E-state index contributed by atoms with van der Waals surface area (Å²) in [5, 5.41) is 10.6. The Labute approximate surface area is 208 Å². The van der Waals surface area contributed by atoms with Gasteiger partial charge in [-0.05, 0) is 50.1 Å². The van der Waals surface area contributed by atoms with Crippen LogP contribution in [0.3, 0.4) is 0 Å². The van der Waals surface area contributed by atoms with Crippen LogP contribution in [-0.4, -0.2) is 35.7 Å². The Kier molecular flexibility index (Phi) is 9.04. The topological polar surface area (TPSA) is 95.4 Å². The minimum Gasteiger partial charge on any atom is -0.436 e. The molecule has 8 nitrogen and oxygen atoms in total. The van der Waals surface area contributed by atoms with Gasteiger partial charge in [0.25, 0.3) is 0 Å². The Morgan fingerprint density at radius 1 is 1.17 bits per heavy atom. The molecule has 0 saturated heterocycles. The van der Waals surface area contributed by atoms with Gasteiger partial charge >= 0.3 is 6.03 Å². The number of carbonyl (C=O) groups is 2. The number of carbonyl (C=O) groups excluding carboxylic acids is 2. The zero-order valence-corrected chi connectivity index (χ0v) is 20.2. The summed E-state index contributed by atoms with van der Waals surface area (Å²) in [6, 6.07) is 8.37. The van der Waals surface area contributed by atoms with Crippen molar-refractivity contribution < 1.29 is 23.1 Å². The van der Waals surface area contributed by atoms with E-state index in [1.807, 2.05) is 32.9 Å². The zero-order valence-electron chi connectivity index (χ0n) is 20.2. The smallest absolute Gasteiger partial charge is 0.325 e. The van der Waals surface area contributed by atoms with Gasteiger partial charge in [-0.2, -0.15) is 10.1 Å². The molecule has 0 fully saturated rings. The third-order valence-electron chi connectivity index (χ3n) is 5.14. The fourth-order valence-electron chi connectivity index (χ4n) is 3.30. The molecule has 1 aliphatic heterocycles. The molecular weight excluding hydrogens is 468 g/mol. The first-order valence-corrected chi connectivity index (χ1v) is 11.3. The van der Waals surface area contributed by atoms with Crippen molar-refractivity contribution in [1.82, 2.24) is 10.3 Å². The second-order valence-corrected chi connectivity index (χ2v) is 7.84. The maximum absolute atomic E-state index is 14.8. The second kappa shape index (κ2) is 12.4. The van der Waals surface area contributed by atoms with Crippen molar-refractivity contribution in [3.05, 3.63) is 83.1 Å². The molecule has 2 N–H and O–H groups in total. The number of nitrogens with one attached hydrogen (secondary N) is 2. The molecule has 0 radical (unpaired) electrons. The van der Waals surface area contributed by atoms with Gasteiger partial charge in [0, 0.05) is 23.0 Å². The molecule has 0 unspecified atom stereocenters. The van der Waals surface area contributed by atoms with Crippen LogP contribution in [0.1, 0.15) is 32.8 Å². The summed E-state index contributed by atoms with van der Waals surface area (Å²) in [6.07, 6.45) is 5.95. The van der Waals surface area contributed by atoms with Gasteiger partial charge in [0.05, 0.1) is 13.0 Å². The lowest BCUT2D eigenvalue weighted by atomic mass is 10.1. The van der Waals surface area contributed by atoms with Gasteiger partial charge in [-0.15, -0.1) is 0 Å². The number of rotatable bonds is 6. The number of amides is 3. The molecule has 0 saturated carbocycles. The molecule has 10 heteroatoms. The molecule has 1 heterocycles. The molecule has 2 aromatic rings. The van der Waals surface area contributed by atoms with Crippen molar-refractivity contribution in [2.24, 2.45) is 10.1 Å². The largest absolute Gasteiger partial charge is 0.436 e. The van der Waals surface area contributed by atoms with E-state index in [1.54, 1.807) is 5.01 Å². The van der Waals surface area contributed by atoms with Gasteiger partial charge in [0.15, 0.2) is 11.6 Å². The summed E-state index contributed by atoms with van der Waals surface area (Å²) in [6.45, 7) is 6.21. The normalized spacial score (nSPS) is 14.8. The average molecular weight is 496 g/mol. The highest BCUT2D eigenvalue weighted by Crippen LogP contribution is 2.23. The van der Waals surface area contributed by atoms with Crippen molar-refractivity contribution in [3.8, 4) is 5.75 Å². The van der Waals surface area contributed by atoms with Crippen LogP contribution in [0.25, 0.3) is 0 Å². The van der Waals surface area contributed by atoms with E-state index in [0.29, 0.717) is 12.1 Å². The maximum Gasteiger partial charge on any atom is 0.325 e. The molecule has 188 valence electrons. The lowest BCUT2D eigenvalue weighted by Crippen LogP contribution is -2.35. The lowest BCUT2D eigenvalue weighted by Gasteiger charge is -2.19. The summed E-state index contributed by atoms with van der Waals surface area (Å²) in [5.74, 6) is -1.63. The zero-order chi connectivity index (χ0) is 26.1. The van der Waals surface area contributed by atoms with Crippen molar-refractivity contribution in [3.63, 3.8) is 0 Å². The number of aliphatic imine (C=N–C) groups is 1.